The Morgan fingerprint density at radius 1 is 1.25 bits per heavy atom. The van der Waals surface area contributed by atoms with E-state index < -0.39 is 0 Å². The number of aliphatic hydroxyl groups excluding tert-OH is 1. The van der Waals surface area contributed by atoms with Crippen LogP contribution in [-0.2, 0) is 6.42 Å². The molecule has 0 saturated heterocycles. The molecule has 0 amide bonds. The lowest BCUT2D eigenvalue weighted by molar-refractivity contribution is 0.342. The lowest BCUT2D eigenvalue weighted by atomic mass is 10.1. The zero-order chi connectivity index (χ0) is 11.6. The third kappa shape index (κ3) is 4.99. The molecule has 0 atom stereocenters. The van der Waals surface area contributed by atoms with Crippen LogP contribution in [0.4, 0.5) is 0 Å². The summed E-state index contributed by atoms with van der Waals surface area (Å²) in [4.78, 5) is 0. The predicted octanol–water partition coefficient (Wildman–Crippen LogP) is 2.96. The lowest BCUT2D eigenvalue weighted by Crippen LogP contribution is -1.88. The van der Waals surface area contributed by atoms with Gasteiger partial charge in [-0.2, -0.15) is 0 Å². The van der Waals surface area contributed by atoms with Crippen LogP contribution in [0.5, 0.6) is 5.75 Å². The third-order valence-electron chi connectivity index (χ3n) is 2.49. The van der Waals surface area contributed by atoms with Gasteiger partial charge in [-0.1, -0.05) is 24.3 Å². The van der Waals surface area contributed by atoms with E-state index in [1.165, 1.54) is 12.0 Å². The van der Waals surface area contributed by atoms with Crippen molar-refractivity contribution in [2.45, 2.75) is 25.7 Å². The topological polar surface area (TPSA) is 29.5 Å². The summed E-state index contributed by atoms with van der Waals surface area (Å²) < 4.78 is 5.18. The average Bonchev–Trinajstić information content (AvgIpc) is 2.34. The van der Waals surface area contributed by atoms with E-state index in [0.29, 0.717) is 0 Å². The first-order chi connectivity index (χ1) is 7.86. The van der Waals surface area contributed by atoms with Crippen LogP contribution in [0.15, 0.2) is 36.4 Å². The smallest absolute Gasteiger partial charge is 0.119 e. The summed E-state index contributed by atoms with van der Waals surface area (Å²) in [5, 5.41) is 8.56. The molecule has 0 aliphatic heterocycles. The first kappa shape index (κ1) is 12.8. The zero-order valence-corrected chi connectivity index (χ0v) is 9.86. The van der Waals surface area contributed by atoms with Crippen molar-refractivity contribution in [2.24, 2.45) is 0 Å². The van der Waals surface area contributed by atoms with Crippen LogP contribution in [0.3, 0.4) is 0 Å². The van der Waals surface area contributed by atoms with Crippen LogP contribution >= 0.6 is 0 Å². The van der Waals surface area contributed by atoms with Gasteiger partial charge < -0.3 is 9.84 Å². The van der Waals surface area contributed by atoms with Gasteiger partial charge in [0.25, 0.3) is 0 Å². The van der Waals surface area contributed by atoms with Crippen molar-refractivity contribution in [3.63, 3.8) is 0 Å². The van der Waals surface area contributed by atoms with E-state index in [1.807, 2.05) is 18.2 Å². The van der Waals surface area contributed by atoms with Crippen molar-refractivity contribution < 1.29 is 9.84 Å². The second kappa shape index (κ2) is 7.94. The van der Waals surface area contributed by atoms with Crippen molar-refractivity contribution >= 4 is 0 Å². The zero-order valence-electron chi connectivity index (χ0n) is 9.86. The summed E-state index contributed by atoms with van der Waals surface area (Å²) in [6.45, 7) is 0.149. The van der Waals surface area contributed by atoms with Crippen LogP contribution < -0.4 is 4.74 Å². The Labute approximate surface area is 97.6 Å². The standard InChI is InChI=1S/C14H20O2/c1-16-14-10-7-9-13(12-14)8-5-3-2-4-6-11-15/h4,6-7,9-10,12,15H,2-3,5,8,11H2,1H3/b6-4+. The average molecular weight is 220 g/mol. The third-order valence-corrected chi connectivity index (χ3v) is 2.49. The summed E-state index contributed by atoms with van der Waals surface area (Å²) in [6.07, 6.45) is 8.29. The molecule has 1 N–H and O–H groups in total. The van der Waals surface area contributed by atoms with Crippen molar-refractivity contribution in [1.29, 1.82) is 0 Å². The fraction of sp³-hybridized carbons (Fsp3) is 0.429. The van der Waals surface area contributed by atoms with Gasteiger partial charge in [0.15, 0.2) is 0 Å². The fourth-order valence-electron chi connectivity index (χ4n) is 1.61. The molecule has 0 spiro atoms. The van der Waals surface area contributed by atoms with Gasteiger partial charge in [-0.05, 0) is 43.4 Å². The van der Waals surface area contributed by atoms with Crippen LogP contribution in [-0.4, -0.2) is 18.8 Å². The molecule has 1 aromatic rings. The van der Waals surface area contributed by atoms with E-state index in [2.05, 4.69) is 12.1 Å². The summed E-state index contributed by atoms with van der Waals surface area (Å²) in [6, 6.07) is 8.21. The Morgan fingerprint density at radius 2 is 2.12 bits per heavy atom. The highest BCUT2D eigenvalue weighted by molar-refractivity contribution is 5.28. The van der Waals surface area contributed by atoms with Crippen LogP contribution in [0, 0.1) is 0 Å². The van der Waals surface area contributed by atoms with E-state index in [9.17, 15) is 0 Å². The summed E-state index contributed by atoms with van der Waals surface area (Å²) in [7, 11) is 1.69. The van der Waals surface area contributed by atoms with Crippen molar-refractivity contribution in [3.05, 3.63) is 42.0 Å². The molecule has 88 valence electrons. The molecular weight excluding hydrogens is 200 g/mol. The number of rotatable bonds is 7. The molecule has 2 heteroatoms. The van der Waals surface area contributed by atoms with Crippen LogP contribution in [0.1, 0.15) is 24.8 Å². The number of ether oxygens (including phenoxy) is 1. The van der Waals surface area contributed by atoms with Crippen LogP contribution in [0.2, 0.25) is 0 Å². The van der Waals surface area contributed by atoms with Gasteiger partial charge in [0, 0.05) is 0 Å². The summed E-state index contributed by atoms with van der Waals surface area (Å²) in [5.41, 5.74) is 1.32. The minimum Gasteiger partial charge on any atom is -0.497 e. The highest BCUT2D eigenvalue weighted by Crippen LogP contribution is 2.14. The Bertz CT molecular complexity index is 318. The first-order valence-electron chi connectivity index (χ1n) is 5.75. The molecule has 0 unspecified atom stereocenters. The highest BCUT2D eigenvalue weighted by Gasteiger charge is 1.95. The maximum atomic E-state index is 8.56. The molecule has 0 fully saturated rings. The number of unbranched alkanes of at least 4 members (excludes halogenated alkanes) is 2. The van der Waals surface area contributed by atoms with Crippen LogP contribution in [0.25, 0.3) is 0 Å². The number of aliphatic hydroxyl groups is 1. The number of hydrogen-bond acceptors (Lipinski definition) is 2. The Balaban J connectivity index is 2.23. The number of aryl methyl sites for hydroxylation is 1. The van der Waals surface area contributed by atoms with Gasteiger partial charge in [0.1, 0.15) is 5.75 Å². The van der Waals surface area contributed by atoms with E-state index in [1.54, 1.807) is 13.2 Å². The minimum absolute atomic E-state index is 0.149. The Hall–Kier alpha value is -1.28. The predicted molar refractivity (Wildman–Crippen MR) is 66.8 cm³/mol. The van der Waals surface area contributed by atoms with E-state index in [4.69, 9.17) is 9.84 Å². The number of allylic oxidation sites excluding steroid dienone is 1. The highest BCUT2D eigenvalue weighted by atomic mass is 16.5. The number of benzene rings is 1. The maximum Gasteiger partial charge on any atom is 0.119 e. The second-order valence-electron chi connectivity index (χ2n) is 3.75. The molecule has 0 aliphatic rings. The van der Waals surface area contributed by atoms with E-state index in [-0.39, 0.29) is 6.61 Å². The lowest BCUT2D eigenvalue weighted by Gasteiger charge is -2.03. The fourth-order valence-corrected chi connectivity index (χ4v) is 1.61. The van der Waals surface area contributed by atoms with Gasteiger partial charge in [-0.25, -0.2) is 0 Å². The molecule has 0 aromatic heterocycles. The van der Waals surface area contributed by atoms with Gasteiger partial charge in [0.2, 0.25) is 0 Å². The monoisotopic (exact) mass is 220 g/mol. The quantitative estimate of drug-likeness (QED) is 0.565. The van der Waals surface area contributed by atoms with Gasteiger partial charge in [0.05, 0.1) is 13.7 Å². The second-order valence-corrected chi connectivity index (χ2v) is 3.75. The van der Waals surface area contributed by atoms with Gasteiger partial charge in [-0.15, -0.1) is 0 Å². The molecule has 0 aliphatic carbocycles. The number of hydrogen-bond donors (Lipinski definition) is 1. The largest absolute Gasteiger partial charge is 0.497 e. The molecule has 0 bridgehead atoms. The van der Waals surface area contributed by atoms with Crippen molar-refractivity contribution in [3.8, 4) is 5.75 Å². The van der Waals surface area contributed by atoms with Gasteiger partial charge >= 0.3 is 0 Å². The number of methoxy groups -OCH3 is 1. The molecule has 2 nitrogen and oxygen atoms in total. The van der Waals surface area contributed by atoms with E-state index in [0.717, 1.165) is 25.0 Å². The molecular formula is C14H20O2. The van der Waals surface area contributed by atoms with Crippen molar-refractivity contribution in [1.82, 2.24) is 0 Å². The van der Waals surface area contributed by atoms with Gasteiger partial charge in [-0.3, -0.25) is 0 Å². The molecule has 0 radical (unpaired) electrons. The van der Waals surface area contributed by atoms with Crippen molar-refractivity contribution in [2.75, 3.05) is 13.7 Å². The molecule has 0 saturated carbocycles. The normalized spacial score (nSPS) is 10.9. The summed E-state index contributed by atoms with van der Waals surface area (Å²) in [5.74, 6) is 0.928. The Kier molecular flexibility index (Phi) is 6.35. The molecule has 1 aromatic carbocycles. The Morgan fingerprint density at radius 3 is 2.88 bits per heavy atom. The summed E-state index contributed by atoms with van der Waals surface area (Å²) >= 11 is 0. The molecule has 16 heavy (non-hydrogen) atoms. The molecule has 0 heterocycles. The SMILES string of the molecule is COc1cccc(CCCC/C=C/CO)c1. The molecule has 1 rings (SSSR count). The minimum atomic E-state index is 0.149. The first-order valence-corrected chi connectivity index (χ1v) is 5.75. The maximum absolute atomic E-state index is 8.56. The van der Waals surface area contributed by atoms with E-state index >= 15 is 0 Å².